The van der Waals surface area contributed by atoms with Crippen LogP contribution in [0.3, 0.4) is 0 Å². The van der Waals surface area contributed by atoms with Gasteiger partial charge >= 0.3 is 0 Å². The zero-order chi connectivity index (χ0) is 19.5. The Morgan fingerprint density at radius 2 is 1.38 bits per heavy atom. The molecular formula is C21H27N3O2. The first-order valence-electron chi connectivity index (χ1n) is 8.68. The molecule has 0 unspecified atom stereocenters. The van der Waals surface area contributed by atoms with Crippen molar-refractivity contribution in [2.45, 2.75) is 52.5 Å². The van der Waals surface area contributed by atoms with Gasteiger partial charge in [0.25, 0.3) is 11.8 Å². The molecule has 1 heterocycles. The van der Waals surface area contributed by atoms with E-state index in [-0.39, 0.29) is 34.2 Å². The molecule has 0 saturated carbocycles. The second-order valence-electron chi connectivity index (χ2n) is 8.36. The Bertz CT molecular complexity index is 814. The summed E-state index contributed by atoms with van der Waals surface area (Å²) in [6.07, 6.45) is 0. The molecule has 1 aromatic carbocycles. The maximum atomic E-state index is 12.6. The van der Waals surface area contributed by atoms with Gasteiger partial charge in [-0.1, -0.05) is 45.0 Å². The van der Waals surface area contributed by atoms with Crippen LogP contribution in [-0.2, 0) is 5.41 Å². The molecule has 2 amide bonds. The minimum Gasteiger partial charge on any atom is -0.346 e. The molecule has 1 aromatic heterocycles. The smallest absolute Gasteiger partial charge is 0.274 e. The summed E-state index contributed by atoms with van der Waals surface area (Å²) in [5.41, 5.74) is 1.73. The highest BCUT2D eigenvalue weighted by Crippen LogP contribution is 2.29. The Kier molecular flexibility index (Phi) is 5.50. The van der Waals surface area contributed by atoms with Gasteiger partial charge in [-0.3, -0.25) is 9.59 Å². The van der Waals surface area contributed by atoms with Gasteiger partial charge in [-0.2, -0.15) is 0 Å². The number of hydrogen-bond donors (Lipinski definition) is 2. The fourth-order valence-corrected chi connectivity index (χ4v) is 2.52. The molecule has 0 atom stereocenters. The van der Waals surface area contributed by atoms with E-state index in [1.54, 1.807) is 18.2 Å². The molecule has 2 aromatic rings. The van der Waals surface area contributed by atoms with Crippen molar-refractivity contribution < 1.29 is 9.59 Å². The summed E-state index contributed by atoms with van der Waals surface area (Å²) in [5.74, 6) is -0.644. The van der Waals surface area contributed by atoms with Crippen molar-refractivity contribution in [1.82, 2.24) is 10.3 Å². The van der Waals surface area contributed by atoms with E-state index in [0.717, 1.165) is 11.3 Å². The molecule has 26 heavy (non-hydrogen) atoms. The van der Waals surface area contributed by atoms with Gasteiger partial charge in [-0.25, -0.2) is 4.98 Å². The standard InChI is InChI=1S/C21H27N3O2/c1-20(2,3)14-10-7-8-11-15(14)23-18(25)16-12-9-13-17(22-16)19(26)24-21(4,5)6/h7-13H,1-6H3,(H,23,25)(H,24,26). The van der Waals surface area contributed by atoms with Crippen LogP contribution in [0.5, 0.6) is 0 Å². The van der Waals surface area contributed by atoms with Gasteiger partial charge in [0, 0.05) is 11.2 Å². The molecule has 0 aliphatic carbocycles. The van der Waals surface area contributed by atoms with Crippen molar-refractivity contribution in [1.29, 1.82) is 0 Å². The van der Waals surface area contributed by atoms with Gasteiger partial charge in [0.2, 0.25) is 0 Å². The number of nitrogens with one attached hydrogen (secondary N) is 2. The van der Waals surface area contributed by atoms with E-state index in [1.165, 1.54) is 0 Å². The Labute approximate surface area is 155 Å². The SMILES string of the molecule is CC(C)(C)NC(=O)c1cccc(C(=O)Nc2ccccc2C(C)(C)C)n1. The largest absolute Gasteiger partial charge is 0.346 e. The van der Waals surface area contributed by atoms with E-state index in [0.29, 0.717) is 0 Å². The number of anilines is 1. The van der Waals surface area contributed by atoms with Crippen molar-refractivity contribution in [2.75, 3.05) is 5.32 Å². The molecule has 5 nitrogen and oxygen atoms in total. The minimum atomic E-state index is -0.372. The molecule has 0 saturated heterocycles. The lowest BCUT2D eigenvalue weighted by Crippen LogP contribution is -2.41. The number of aromatic nitrogens is 1. The van der Waals surface area contributed by atoms with Crippen LogP contribution in [0.4, 0.5) is 5.69 Å². The Hall–Kier alpha value is -2.69. The Balaban J connectivity index is 2.24. The second-order valence-corrected chi connectivity index (χ2v) is 8.36. The number of benzene rings is 1. The second kappa shape index (κ2) is 7.28. The third kappa shape index (κ3) is 5.15. The normalized spacial score (nSPS) is 11.8. The summed E-state index contributed by atoms with van der Waals surface area (Å²) in [4.78, 5) is 29.1. The first kappa shape index (κ1) is 19.6. The highest BCUT2D eigenvalue weighted by Gasteiger charge is 2.21. The van der Waals surface area contributed by atoms with E-state index < -0.39 is 0 Å². The van der Waals surface area contributed by atoms with Crippen molar-refractivity contribution in [2.24, 2.45) is 0 Å². The van der Waals surface area contributed by atoms with Crippen molar-refractivity contribution in [3.05, 3.63) is 59.4 Å². The summed E-state index contributed by atoms with van der Waals surface area (Å²) in [6.45, 7) is 12.0. The predicted octanol–water partition coefficient (Wildman–Crippen LogP) is 4.16. The fourth-order valence-electron chi connectivity index (χ4n) is 2.52. The first-order valence-corrected chi connectivity index (χ1v) is 8.68. The average Bonchev–Trinajstić information content (AvgIpc) is 2.53. The number of nitrogens with zero attached hydrogens (tertiary/aromatic N) is 1. The maximum absolute atomic E-state index is 12.6. The predicted molar refractivity (Wildman–Crippen MR) is 105 cm³/mol. The number of carbonyl (C=O) groups is 2. The van der Waals surface area contributed by atoms with Crippen molar-refractivity contribution in [3.63, 3.8) is 0 Å². The minimum absolute atomic E-state index is 0.105. The van der Waals surface area contributed by atoms with Gasteiger partial charge in [-0.05, 0) is 49.9 Å². The van der Waals surface area contributed by atoms with Gasteiger partial charge in [0.15, 0.2) is 0 Å². The molecular weight excluding hydrogens is 326 g/mol. The summed E-state index contributed by atoms with van der Waals surface area (Å²) in [7, 11) is 0. The van der Waals surface area contributed by atoms with Crippen molar-refractivity contribution >= 4 is 17.5 Å². The quantitative estimate of drug-likeness (QED) is 0.870. The molecule has 2 rings (SSSR count). The molecule has 5 heteroatoms. The monoisotopic (exact) mass is 353 g/mol. The van der Waals surface area contributed by atoms with Crippen LogP contribution in [0.15, 0.2) is 42.5 Å². The van der Waals surface area contributed by atoms with Gasteiger partial charge in [-0.15, -0.1) is 0 Å². The van der Waals surface area contributed by atoms with Gasteiger partial charge in [0.1, 0.15) is 11.4 Å². The number of amides is 2. The number of rotatable bonds is 3. The summed E-state index contributed by atoms with van der Waals surface area (Å²) in [6, 6.07) is 12.6. The maximum Gasteiger partial charge on any atom is 0.274 e. The molecule has 0 radical (unpaired) electrons. The third-order valence-electron chi connectivity index (χ3n) is 3.69. The van der Waals surface area contributed by atoms with E-state index in [4.69, 9.17) is 0 Å². The van der Waals surface area contributed by atoms with Crippen LogP contribution in [0.2, 0.25) is 0 Å². The van der Waals surface area contributed by atoms with Crippen LogP contribution < -0.4 is 10.6 Å². The topological polar surface area (TPSA) is 71.1 Å². The van der Waals surface area contributed by atoms with E-state index in [1.807, 2.05) is 45.0 Å². The average molecular weight is 353 g/mol. The molecule has 138 valence electrons. The number of pyridine rings is 1. The van der Waals surface area contributed by atoms with Crippen LogP contribution >= 0.6 is 0 Å². The van der Waals surface area contributed by atoms with Crippen LogP contribution in [0.1, 0.15) is 68.1 Å². The van der Waals surface area contributed by atoms with Gasteiger partial charge < -0.3 is 10.6 Å². The van der Waals surface area contributed by atoms with Crippen LogP contribution in [-0.4, -0.2) is 22.3 Å². The summed E-state index contributed by atoms with van der Waals surface area (Å²) >= 11 is 0. The Morgan fingerprint density at radius 3 is 1.96 bits per heavy atom. The lowest BCUT2D eigenvalue weighted by atomic mass is 9.86. The zero-order valence-electron chi connectivity index (χ0n) is 16.3. The van der Waals surface area contributed by atoms with Crippen LogP contribution in [0.25, 0.3) is 0 Å². The molecule has 0 aliphatic heterocycles. The number of hydrogen-bond acceptors (Lipinski definition) is 3. The van der Waals surface area contributed by atoms with E-state index in [2.05, 4.69) is 36.4 Å². The lowest BCUT2D eigenvalue weighted by molar-refractivity contribution is 0.0914. The molecule has 0 spiro atoms. The number of carbonyl (C=O) groups excluding carboxylic acids is 2. The molecule has 2 N–H and O–H groups in total. The molecule has 0 fully saturated rings. The fraction of sp³-hybridized carbons (Fsp3) is 0.381. The van der Waals surface area contributed by atoms with Crippen LogP contribution in [0, 0.1) is 0 Å². The summed E-state index contributed by atoms with van der Waals surface area (Å²) in [5, 5.41) is 5.76. The highest BCUT2D eigenvalue weighted by atomic mass is 16.2. The van der Waals surface area contributed by atoms with E-state index >= 15 is 0 Å². The molecule has 0 bridgehead atoms. The highest BCUT2D eigenvalue weighted by molar-refractivity contribution is 6.04. The summed E-state index contributed by atoms with van der Waals surface area (Å²) < 4.78 is 0. The third-order valence-corrected chi connectivity index (χ3v) is 3.69. The first-order chi connectivity index (χ1) is 12.0. The van der Waals surface area contributed by atoms with Crippen molar-refractivity contribution in [3.8, 4) is 0 Å². The Morgan fingerprint density at radius 1 is 0.808 bits per heavy atom. The zero-order valence-corrected chi connectivity index (χ0v) is 16.3. The van der Waals surface area contributed by atoms with E-state index in [9.17, 15) is 9.59 Å². The lowest BCUT2D eigenvalue weighted by Gasteiger charge is -2.23. The molecule has 0 aliphatic rings. The van der Waals surface area contributed by atoms with Gasteiger partial charge in [0.05, 0.1) is 0 Å². The number of para-hydroxylation sites is 1.